The van der Waals surface area contributed by atoms with Crippen molar-refractivity contribution in [3.63, 3.8) is 0 Å². The average Bonchev–Trinajstić information content (AvgIpc) is 2.38. The molecule has 0 aliphatic carbocycles. The highest BCUT2D eigenvalue weighted by Crippen LogP contribution is 2.27. The molecule has 0 unspecified atom stereocenters. The lowest BCUT2D eigenvalue weighted by Gasteiger charge is -2.25. The molecule has 4 nitrogen and oxygen atoms in total. The van der Waals surface area contributed by atoms with E-state index in [1.807, 2.05) is 25.1 Å². The number of anilines is 2. The standard InChI is InChI=1S/C15H26N2O2/c1-4-19-14-10-12(6-7-13(14)16)17-11-15(2,3)8-5-9-18/h6-7,10,17-18H,4-5,8-9,11,16H2,1-3H3. The molecule has 19 heavy (non-hydrogen) atoms. The lowest BCUT2D eigenvalue weighted by atomic mass is 9.88. The summed E-state index contributed by atoms with van der Waals surface area (Å²) in [5.74, 6) is 0.723. The highest BCUT2D eigenvalue weighted by Gasteiger charge is 2.17. The molecule has 0 aromatic heterocycles. The van der Waals surface area contributed by atoms with Crippen LogP contribution in [0.2, 0.25) is 0 Å². The van der Waals surface area contributed by atoms with E-state index in [0.29, 0.717) is 12.3 Å². The van der Waals surface area contributed by atoms with Gasteiger partial charge in [-0.2, -0.15) is 0 Å². The molecule has 0 saturated carbocycles. The summed E-state index contributed by atoms with van der Waals surface area (Å²) < 4.78 is 5.48. The first-order valence-electron chi connectivity index (χ1n) is 6.85. The number of hydrogen-bond acceptors (Lipinski definition) is 4. The molecule has 0 amide bonds. The molecule has 4 N–H and O–H groups in total. The van der Waals surface area contributed by atoms with E-state index < -0.39 is 0 Å². The third kappa shape index (κ3) is 5.39. The maximum atomic E-state index is 8.89. The molecule has 0 heterocycles. The third-order valence-corrected chi connectivity index (χ3v) is 3.10. The molecule has 0 aliphatic rings. The Morgan fingerprint density at radius 2 is 2.11 bits per heavy atom. The fourth-order valence-electron chi connectivity index (χ4n) is 1.91. The first-order chi connectivity index (χ1) is 8.98. The lowest BCUT2D eigenvalue weighted by molar-refractivity contribution is 0.248. The van der Waals surface area contributed by atoms with Gasteiger partial charge in [0.1, 0.15) is 5.75 Å². The van der Waals surface area contributed by atoms with E-state index in [9.17, 15) is 0 Å². The Balaban J connectivity index is 2.59. The fraction of sp³-hybridized carbons (Fsp3) is 0.600. The lowest BCUT2D eigenvalue weighted by Crippen LogP contribution is -2.23. The maximum Gasteiger partial charge on any atom is 0.144 e. The van der Waals surface area contributed by atoms with Crippen molar-refractivity contribution >= 4 is 11.4 Å². The minimum atomic E-state index is 0.149. The number of ether oxygens (including phenoxy) is 1. The summed E-state index contributed by atoms with van der Waals surface area (Å²) in [4.78, 5) is 0. The molecule has 1 aromatic carbocycles. The molecule has 0 radical (unpaired) electrons. The molecule has 108 valence electrons. The van der Waals surface area contributed by atoms with E-state index in [1.165, 1.54) is 0 Å². The summed E-state index contributed by atoms with van der Waals surface area (Å²) >= 11 is 0. The number of hydrogen-bond donors (Lipinski definition) is 3. The summed E-state index contributed by atoms with van der Waals surface area (Å²) in [6, 6.07) is 5.75. The van der Waals surface area contributed by atoms with Crippen molar-refractivity contribution in [2.75, 3.05) is 30.8 Å². The van der Waals surface area contributed by atoms with Gasteiger partial charge >= 0.3 is 0 Å². The van der Waals surface area contributed by atoms with Crippen molar-refractivity contribution in [2.45, 2.75) is 33.6 Å². The highest BCUT2D eigenvalue weighted by molar-refractivity contribution is 5.61. The van der Waals surface area contributed by atoms with Gasteiger partial charge in [-0.1, -0.05) is 13.8 Å². The van der Waals surface area contributed by atoms with Crippen LogP contribution in [0.15, 0.2) is 18.2 Å². The Hall–Kier alpha value is -1.42. The number of aliphatic hydroxyl groups is 1. The molecule has 0 fully saturated rings. The van der Waals surface area contributed by atoms with E-state index in [1.54, 1.807) is 0 Å². The van der Waals surface area contributed by atoms with Gasteiger partial charge in [-0.05, 0) is 37.3 Å². The summed E-state index contributed by atoms with van der Waals surface area (Å²) in [7, 11) is 0. The predicted molar refractivity (Wildman–Crippen MR) is 80.6 cm³/mol. The van der Waals surface area contributed by atoms with E-state index in [4.69, 9.17) is 15.6 Å². The second-order valence-electron chi connectivity index (χ2n) is 5.53. The first kappa shape index (κ1) is 15.6. The largest absolute Gasteiger partial charge is 0.492 e. The Kier molecular flexibility index (Phi) is 5.96. The van der Waals surface area contributed by atoms with Gasteiger partial charge in [0.05, 0.1) is 12.3 Å². The van der Waals surface area contributed by atoms with Gasteiger partial charge in [-0.25, -0.2) is 0 Å². The van der Waals surface area contributed by atoms with Crippen molar-refractivity contribution < 1.29 is 9.84 Å². The van der Waals surface area contributed by atoms with Crippen LogP contribution in [-0.2, 0) is 0 Å². The topological polar surface area (TPSA) is 67.5 Å². The molecule has 0 spiro atoms. The van der Waals surface area contributed by atoms with Crippen LogP contribution in [0.3, 0.4) is 0 Å². The summed E-state index contributed by atoms with van der Waals surface area (Å²) in [5, 5.41) is 12.3. The van der Waals surface area contributed by atoms with Crippen molar-refractivity contribution in [3.8, 4) is 5.75 Å². The van der Waals surface area contributed by atoms with Gasteiger partial charge in [0.15, 0.2) is 0 Å². The number of nitrogens with two attached hydrogens (primary N) is 1. The molecule has 0 bridgehead atoms. The zero-order valence-electron chi connectivity index (χ0n) is 12.2. The first-order valence-corrected chi connectivity index (χ1v) is 6.85. The summed E-state index contributed by atoms with van der Waals surface area (Å²) in [5.41, 5.74) is 7.66. The van der Waals surface area contributed by atoms with Gasteiger partial charge < -0.3 is 20.9 Å². The van der Waals surface area contributed by atoms with Crippen LogP contribution in [0.4, 0.5) is 11.4 Å². The van der Waals surface area contributed by atoms with Gasteiger partial charge in [-0.3, -0.25) is 0 Å². The van der Waals surface area contributed by atoms with Gasteiger partial charge in [0, 0.05) is 24.9 Å². The molecule has 1 rings (SSSR count). The van der Waals surface area contributed by atoms with Crippen LogP contribution in [0.25, 0.3) is 0 Å². The third-order valence-electron chi connectivity index (χ3n) is 3.10. The molecule has 0 atom stereocenters. The van der Waals surface area contributed by atoms with Crippen LogP contribution in [0, 0.1) is 5.41 Å². The van der Waals surface area contributed by atoms with Crippen molar-refractivity contribution in [3.05, 3.63) is 18.2 Å². The molecule has 4 heteroatoms. The molecular formula is C15H26N2O2. The van der Waals surface area contributed by atoms with Crippen molar-refractivity contribution in [1.29, 1.82) is 0 Å². The Labute approximate surface area is 116 Å². The SMILES string of the molecule is CCOc1cc(NCC(C)(C)CCCO)ccc1N. The highest BCUT2D eigenvalue weighted by atomic mass is 16.5. The summed E-state index contributed by atoms with van der Waals surface area (Å²) in [6.45, 7) is 8.03. The Bertz CT molecular complexity index is 392. The van der Waals surface area contributed by atoms with Gasteiger partial charge in [-0.15, -0.1) is 0 Å². The maximum absolute atomic E-state index is 8.89. The minimum absolute atomic E-state index is 0.149. The predicted octanol–water partition coefficient (Wildman–Crippen LogP) is 2.88. The van der Waals surface area contributed by atoms with E-state index in [0.717, 1.165) is 30.8 Å². The minimum Gasteiger partial charge on any atom is -0.492 e. The zero-order chi connectivity index (χ0) is 14.3. The summed E-state index contributed by atoms with van der Waals surface area (Å²) in [6.07, 6.45) is 1.82. The zero-order valence-corrected chi connectivity index (χ0v) is 12.2. The Morgan fingerprint density at radius 1 is 1.37 bits per heavy atom. The van der Waals surface area contributed by atoms with E-state index >= 15 is 0 Å². The van der Waals surface area contributed by atoms with Crippen LogP contribution in [0.1, 0.15) is 33.6 Å². The van der Waals surface area contributed by atoms with E-state index in [-0.39, 0.29) is 12.0 Å². The Morgan fingerprint density at radius 3 is 2.74 bits per heavy atom. The number of benzene rings is 1. The van der Waals surface area contributed by atoms with Gasteiger partial charge in [0.25, 0.3) is 0 Å². The average molecular weight is 266 g/mol. The smallest absolute Gasteiger partial charge is 0.144 e. The molecule has 0 saturated heterocycles. The second-order valence-corrected chi connectivity index (χ2v) is 5.53. The van der Waals surface area contributed by atoms with Crippen LogP contribution in [-0.4, -0.2) is 24.9 Å². The van der Waals surface area contributed by atoms with E-state index in [2.05, 4.69) is 19.2 Å². The molecule has 0 aliphatic heterocycles. The van der Waals surface area contributed by atoms with Crippen molar-refractivity contribution in [2.24, 2.45) is 5.41 Å². The number of nitrogen functional groups attached to an aromatic ring is 1. The number of aliphatic hydroxyl groups excluding tert-OH is 1. The fourth-order valence-corrected chi connectivity index (χ4v) is 1.91. The molecule has 1 aromatic rings. The number of nitrogens with one attached hydrogen (secondary N) is 1. The van der Waals surface area contributed by atoms with Crippen LogP contribution >= 0.6 is 0 Å². The van der Waals surface area contributed by atoms with Crippen LogP contribution in [0.5, 0.6) is 5.75 Å². The molecular weight excluding hydrogens is 240 g/mol. The quantitative estimate of drug-likeness (QED) is 0.633. The second kappa shape index (κ2) is 7.24. The van der Waals surface area contributed by atoms with Gasteiger partial charge in [0.2, 0.25) is 0 Å². The number of rotatable bonds is 8. The normalized spacial score (nSPS) is 11.4. The van der Waals surface area contributed by atoms with Crippen LogP contribution < -0.4 is 15.8 Å². The van der Waals surface area contributed by atoms with Crippen molar-refractivity contribution in [1.82, 2.24) is 0 Å². The monoisotopic (exact) mass is 266 g/mol.